The summed E-state index contributed by atoms with van der Waals surface area (Å²) in [7, 11) is 1.64. The van der Waals surface area contributed by atoms with Crippen LogP contribution in [0.25, 0.3) is 0 Å². The maximum atomic E-state index is 5.31. The van der Waals surface area contributed by atoms with Crippen molar-refractivity contribution in [3.05, 3.63) is 24.4 Å². The molecular weight excluding hydrogens is 222 g/mol. The maximum absolute atomic E-state index is 5.31. The summed E-state index contributed by atoms with van der Waals surface area (Å²) in [6, 6.07) is 0. The molecule has 1 aromatic heterocycles. The number of hydrogen-bond donors (Lipinski definition) is 1. The van der Waals surface area contributed by atoms with Gasteiger partial charge in [-0.2, -0.15) is 4.98 Å². The van der Waals surface area contributed by atoms with Gasteiger partial charge in [-0.3, -0.25) is 0 Å². The van der Waals surface area contributed by atoms with Crippen LogP contribution >= 0.6 is 0 Å². The van der Waals surface area contributed by atoms with Gasteiger partial charge in [0.05, 0.1) is 26.4 Å². The minimum atomic E-state index is 0.559. The lowest BCUT2D eigenvalue weighted by atomic mass is 10.4. The van der Waals surface area contributed by atoms with Crippen molar-refractivity contribution in [2.24, 2.45) is 0 Å². The van der Waals surface area contributed by atoms with E-state index in [0.29, 0.717) is 44.5 Å². The van der Waals surface area contributed by atoms with E-state index in [9.17, 15) is 0 Å². The summed E-state index contributed by atoms with van der Waals surface area (Å²) in [5.74, 6) is 1.25. The molecule has 1 rings (SSSR count). The molecule has 17 heavy (non-hydrogen) atoms. The molecule has 1 N–H and O–H groups in total. The van der Waals surface area contributed by atoms with E-state index >= 15 is 0 Å². The Labute approximate surface area is 101 Å². The van der Waals surface area contributed by atoms with E-state index in [0.717, 1.165) is 6.54 Å². The molecule has 0 bridgehead atoms. The van der Waals surface area contributed by atoms with Crippen molar-refractivity contribution in [3.63, 3.8) is 0 Å². The standard InChI is InChI=1S/C11H19N3O3/c1-3-5-12-9-11-13-10(14-17-11)4-6-16-8-7-15-2/h3,12H,1,4-9H2,2H3. The van der Waals surface area contributed by atoms with Crippen molar-refractivity contribution >= 4 is 0 Å². The Morgan fingerprint density at radius 3 is 3.06 bits per heavy atom. The fourth-order valence-electron chi connectivity index (χ4n) is 1.15. The predicted octanol–water partition coefficient (Wildman–Crippen LogP) is 0.551. The minimum absolute atomic E-state index is 0.559. The van der Waals surface area contributed by atoms with Gasteiger partial charge in [-0.25, -0.2) is 0 Å². The van der Waals surface area contributed by atoms with Crippen LogP contribution < -0.4 is 5.32 Å². The van der Waals surface area contributed by atoms with Gasteiger partial charge in [0.25, 0.3) is 0 Å². The number of ether oxygens (including phenoxy) is 2. The molecule has 6 heteroatoms. The molecule has 0 atom stereocenters. The molecule has 0 fully saturated rings. The van der Waals surface area contributed by atoms with Crippen LogP contribution in [0.1, 0.15) is 11.7 Å². The second kappa shape index (κ2) is 8.86. The Hall–Kier alpha value is -1.24. The van der Waals surface area contributed by atoms with E-state index in [1.165, 1.54) is 0 Å². The summed E-state index contributed by atoms with van der Waals surface area (Å²) in [5, 5.41) is 6.94. The molecule has 0 aliphatic carbocycles. The molecule has 6 nitrogen and oxygen atoms in total. The molecular formula is C11H19N3O3. The van der Waals surface area contributed by atoms with Crippen molar-refractivity contribution in [2.45, 2.75) is 13.0 Å². The average Bonchev–Trinajstić information content (AvgIpc) is 2.77. The molecule has 0 unspecified atom stereocenters. The fraction of sp³-hybridized carbons (Fsp3) is 0.636. The molecule has 0 spiro atoms. The Balaban J connectivity index is 2.14. The van der Waals surface area contributed by atoms with Crippen LogP contribution in [0.4, 0.5) is 0 Å². The Morgan fingerprint density at radius 1 is 1.41 bits per heavy atom. The molecule has 96 valence electrons. The molecule has 0 saturated carbocycles. The Kier molecular flexibility index (Phi) is 7.20. The monoisotopic (exact) mass is 241 g/mol. The molecule has 0 saturated heterocycles. The van der Waals surface area contributed by atoms with Crippen LogP contribution in [0.2, 0.25) is 0 Å². The number of hydrogen-bond acceptors (Lipinski definition) is 6. The third-order valence-electron chi connectivity index (χ3n) is 1.98. The highest BCUT2D eigenvalue weighted by Crippen LogP contribution is 1.98. The molecule has 0 aliphatic rings. The first-order chi connectivity index (χ1) is 8.36. The van der Waals surface area contributed by atoms with Gasteiger partial charge in [-0.05, 0) is 0 Å². The van der Waals surface area contributed by atoms with Crippen molar-refractivity contribution in [1.82, 2.24) is 15.5 Å². The van der Waals surface area contributed by atoms with Gasteiger partial charge >= 0.3 is 0 Å². The van der Waals surface area contributed by atoms with Crippen LogP contribution in [0.5, 0.6) is 0 Å². The van der Waals surface area contributed by atoms with Crippen molar-refractivity contribution in [1.29, 1.82) is 0 Å². The summed E-state index contributed by atoms with van der Waals surface area (Å²) >= 11 is 0. The fourth-order valence-corrected chi connectivity index (χ4v) is 1.15. The largest absolute Gasteiger partial charge is 0.382 e. The summed E-state index contributed by atoms with van der Waals surface area (Å²) < 4.78 is 15.2. The summed E-state index contributed by atoms with van der Waals surface area (Å²) in [5.41, 5.74) is 0. The van der Waals surface area contributed by atoms with E-state index in [1.807, 2.05) is 0 Å². The first-order valence-electron chi connectivity index (χ1n) is 5.56. The van der Waals surface area contributed by atoms with Gasteiger partial charge in [0.2, 0.25) is 5.89 Å². The first-order valence-corrected chi connectivity index (χ1v) is 5.56. The van der Waals surface area contributed by atoms with Gasteiger partial charge in [-0.1, -0.05) is 11.2 Å². The second-order valence-electron chi connectivity index (χ2n) is 3.38. The van der Waals surface area contributed by atoms with E-state index < -0.39 is 0 Å². The van der Waals surface area contributed by atoms with Gasteiger partial charge in [0.1, 0.15) is 0 Å². The topological polar surface area (TPSA) is 69.4 Å². The lowest BCUT2D eigenvalue weighted by Gasteiger charge is -2.00. The third kappa shape index (κ3) is 6.15. The summed E-state index contributed by atoms with van der Waals surface area (Å²) in [6.45, 7) is 6.64. The van der Waals surface area contributed by atoms with E-state index in [4.69, 9.17) is 14.0 Å². The highest BCUT2D eigenvalue weighted by molar-refractivity contribution is 4.86. The number of nitrogens with one attached hydrogen (secondary N) is 1. The van der Waals surface area contributed by atoms with Gasteiger partial charge in [0, 0.05) is 20.1 Å². The summed E-state index contributed by atoms with van der Waals surface area (Å²) in [4.78, 5) is 4.21. The van der Waals surface area contributed by atoms with Crippen LogP contribution in [0, 0.1) is 0 Å². The number of aromatic nitrogens is 2. The summed E-state index contributed by atoms with van der Waals surface area (Å²) in [6.07, 6.45) is 2.43. The van der Waals surface area contributed by atoms with Crippen molar-refractivity contribution in [3.8, 4) is 0 Å². The second-order valence-corrected chi connectivity index (χ2v) is 3.38. The zero-order valence-electron chi connectivity index (χ0n) is 10.1. The number of methoxy groups -OCH3 is 1. The lowest BCUT2D eigenvalue weighted by Crippen LogP contribution is -2.12. The quantitative estimate of drug-likeness (QED) is 0.476. The Morgan fingerprint density at radius 2 is 2.29 bits per heavy atom. The predicted molar refractivity (Wildman–Crippen MR) is 62.6 cm³/mol. The molecule has 0 amide bonds. The normalized spacial score (nSPS) is 10.6. The molecule has 0 aromatic carbocycles. The van der Waals surface area contributed by atoms with E-state index in [2.05, 4.69) is 22.0 Å². The van der Waals surface area contributed by atoms with E-state index in [1.54, 1.807) is 13.2 Å². The smallest absolute Gasteiger partial charge is 0.240 e. The van der Waals surface area contributed by atoms with E-state index in [-0.39, 0.29) is 0 Å². The molecule has 1 aromatic rings. The maximum Gasteiger partial charge on any atom is 0.240 e. The molecule has 0 aliphatic heterocycles. The zero-order valence-corrected chi connectivity index (χ0v) is 10.1. The third-order valence-corrected chi connectivity index (χ3v) is 1.98. The van der Waals surface area contributed by atoms with Crippen molar-refractivity contribution in [2.75, 3.05) is 33.5 Å². The minimum Gasteiger partial charge on any atom is -0.382 e. The number of nitrogens with zero attached hydrogens (tertiary/aromatic N) is 2. The number of rotatable bonds is 10. The van der Waals surface area contributed by atoms with Crippen LogP contribution in [0.15, 0.2) is 17.2 Å². The van der Waals surface area contributed by atoms with Crippen molar-refractivity contribution < 1.29 is 14.0 Å². The van der Waals surface area contributed by atoms with Gasteiger partial charge < -0.3 is 19.3 Å². The van der Waals surface area contributed by atoms with Crippen LogP contribution in [-0.4, -0.2) is 43.6 Å². The van der Waals surface area contributed by atoms with Gasteiger partial charge in [-0.15, -0.1) is 6.58 Å². The zero-order chi connectivity index (χ0) is 12.3. The first kappa shape index (κ1) is 13.8. The van der Waals surface area contributed by atoms with Gasteiger partial charge in [0.15, 0.2) is 5.82 Å². The highest BCUT2D eigenvalue weighted by Gasteiger charge is 2.05. The molecule has 1 heterocycles. The SMILES string of the molecule is C=CCNCc1nc(CCOCCOC)no1. The van der Waals surface area contributed by atoms with Crippen LogP contribution in [0.3, 0.4) is 0 Å². The average molecular weight is 241 g/mol. The highest BCUT2D eigenvalue weighted by atomic mass is 16.5. The Bertz CT molecular complexity index is 315. The lowest BCUT2D eigenvalue weighted by molar-refractivity contribution is 0.0714. The molecule has 0 radical (unpaired) electrons. The van der Waals surface area contributed by atoms with Crippen LogP contribution in [-0.2, 0) is 22.4 Å².